The first kappa shape index (κ1) is 14.0. The van der Waals surface area contributed by atoms with Crippen LogP contribution in [-0.4, -0.2) is 37.6 Å². The van der Waals surface area contributed by atoms with E-state index in [4.69, 9.17) is 0 Å². The van der Waals surface area contributed by atoms with Crippen molar-refractivity contribution in [1.82, 2.24) is 10.2 Å². The van der Waals surface area contributed by atoms with Crippen LogP contribution in [0.2, 0.25) is 0 Å². The summed E-state index contributed by atoms with van der Waals surface area (Å²) in [6.45, 7) is 13.2. The van der Waals surface area contributed by atoms with Crippen molar-refractivity contribution >= 4 is 0 Å². The molecule has 2 nitrogen and oxygen atoms in total. The highest BCUT2D eigenvalue weighted by Gasteiger charge is 2.13. The normalized spacial score (nSPS) is 21.9. The van der Waals surface area contributed by atoms with Crippen molar-refractivity contribution in [1.29, 1.82) is 0 Å². The van der Waals surface area contributed by atoms with Crippen molar-refractivity contribution in [2.24, 2.45) is 11.8 Å². The van der Waals surface area contributed by atoms with Crippen LogP contribution in [0.5, 0.6) is 0 Å². The van der Waals surface area contributed by atoms with Gasteiger partial charge in [-0.1, -0.05) is 20.8 Å². The lowest BCUT2D eigenvalue weighted by molar-refractivity contribution is 0.239. The average Bonchev–Trinajstić information content (AvgIpc) is 2.28. The summed E-state index contributed by atoms with van der Waals surface area (Å²) >= 11 is 0. The van der Waals surface area contributed by atoms with Crippen LogP contribution in [0.15, 0.2) is 0 Å². The smallest absolute Gasteiger partial charge is 0.000427 e. The summed E-state index contributed by atoms with van der Waals surface area (Å²) in [6, 6.07) is 0. The Morgan fingerprint density at radius 2 is 2.19 bits per heavy atom. The van der Waals surface area contributed by atoms with E-state index in [-0.39, 0.29) is 0 Å². The Hall–Kier alpha value is -0.0800. The zero-order valence-electron chi connectivity index (χ0n) is 11.5. The molecular formula is C14H30N2. The third-order valence-corrected chi connectivity index (χ3v) is 3.56. The second-order valence-electron chi connectivity index (χ2n) is 5.64. The molecule has 0 bridgehead atoms. The predicted octanol–water partition coefficient (Wildman–Crippen LogP) is 2.74. The summed E-state index contributed by atoms with van der Waals surface area (Å²) in [7, 11) is 0. The minimum atomic E-state index is 0.802. The Labute approximate surface area is 102 Å². The summed E-state index contributed by atoms with van der Waals surface area (Å²) in [5.74, 6) is 1.75. The Morgan fingerprint density at radius 3 is 2.75 bits per heavy atom. The van der Waals surface area contributed by atoms with E-state index >= 15 is 0 Å². The SMILES string of the molecule is CCN(CCCC1CCCNC1)CC(C)C. The van der Waals surface area contributed by atoms with Gasteiger partial charge in [0.1, 0.15) is 0 Å². The Morgan fingerprint density at radius 1 is 1.38 bits per heavy atom. The van der Waals surface area contributed by atoms with Crippen molar-refractivity contribution in [2.75, 3.05) is 32.7 Å². The maximum absolute atomic E-state index is 3.51. The number of nitrogens with zero attached hydrogens (tertiary/aromatic N) is 1. The molecule has 1 atom stereocenters. The zero-order valence-corrected chi connectivity index (χ0v) is 11.5. The molecule has 1 aliphatic heterocycles. The fourth-order valence-corrected chi connectivity index (χ4v) is 2.67. The molecular weight excluding hydrogens is 196 g/mol. The van der Waals surface area contributed by atoms with Gasteiger partial charge >= 0.3 is 0 Å². The fourth-order valence-electron chi connectivity index (χ4n) is 2.67. The summed E-state index contributed by atoms with van der Waals surface area (Å²) in [4.78, 5) is 2.60. The first-order valence-electron chi connectivity index (χ1n) is 7.15. The molecule has 1 saturated heterocycles. The third kappa shape index (κ3) is 5.86. The monoisotopic (exact) mass is 226 g/mol. The molecule has 0 aromatic rings. The van der Waals surface area contributed by atoms with Gasteiger partial charge in [-0.05, 0) is 63.7 Å². The lowest BCUT2D eigenvalue weighted by atomic mass is 9.94. The lowest BCUT2D eigenvalue weighted by Crippen LogP contribution is -2.32. The Bertz CT molecular complexity index is 162. The quantitative estimate of drug-likeness (QED) is 0.718. The molecule has 0 radical (unpaired) electrons. The number of piperidine rings is 1. The van der Waals surface area contributed by atoms with Gasteiger partial charge in [-0.3, -0.25) is 0 Å². The summed E-state index contributed by atoms with van der Waals surface area (Å²) in [5.41, 5.74) is 0. The molecule has 1 fully saturated rings. The van der Waals surface area contributed by atoms with Crippen LogP contribution in [0.1, 0.15) is 46.5 Å². The molecule has 96 valence electrons. The maximum Gasteiger partial charge on any atom is 0.000427 e. The largest absolute Gasteiger partial charge is 0.316 e. The van der Waals surface area contributed by atoms with Crippen LogP contribution in [0.3, 0.4) is 0 Å². The summed E-state index contributed by atoms with van der Waals surface area (Å²) in [6.07, 6.45) is 5.63. The van der Waals surface area contributed by atoms with Crippen LogP contribution in [0.25, 0.3) is 0 Å². The van der Waals surface area contributed by atoms with Gasteiger partial charge in [0, 0.05) is 6.54 Å². The molecule has 1 heterocycles. The number of hydrogen-bond acceptors (Lipinski definition) is 2. The molecule has 1 aliphatic rings. The second-order valence-corrected chi connectivity index (χ2v) is 5.64. The van der Waals surface area contributed by atoms with E-state index in [9.17, 15) is 0 Å². The van der Waals surface area contributed by atoms with Crippen LogP contribution < -0.4 is 5.32 Å². The minimum absolute atomic E-state index is 0.802. The zero-order chi connectivity index (χ0) is 11.8. The molecule has 0 amide bonds. The Balaban J connectivity index is 2.07. The van der Waals surface area contributed by atoms with E-state index in [1.165, 1.54) is 58.4 Å². The van der Waals surface area contributed by atoms with Gasteiger partial charge in [0.05, 0.1) is 0 Å². The van der Waals surface area contributed by atoms with Crippen molar-refractivity contribution in [3.63, 3.8) is 0 Å². The fraction of sp³-hybridized carbons (Fsp3) is 1.00. The van der Waals surface area contributed by atoms with Crippen LogP contribution >= 0.6 is 0 Å². The summed E-state index contributed by atoms with van der Waals surface area (Å²) in [5, 5.41) is 3.51. The minimum Gasteiger partial charge on any atom is -0.316 e. The first-order valence-corrected chi connectivity index (χ1v) is 7.15. The Kier molecular flexibility index (Phi) is 7.06. The molecule has 1 rings (SSSR count). The molecule has 16 heavy (non-hydrogen) atoms. The molecule has 0 aliphatic carbocycles. The van der Waals surface area contributed by atoms with Gasteiger partial charge in [-0.25, -0.2) is 0 Å². The topological polar surface area (TPSA) is 15.3 Å². The molecule has 0 aromatic heterocycles. The maximum atomic E-state index is 3.51. The van der Waals surface area contributed by atoms with Crippen molar-refractivity contribution < 1.29 is 0 Å². The molecule has 0 aromatic carbocycles. The highest BCUT2D eigenvalue weighted by atomic mass is 15.1. The van der Waals surface area contributed by atoms with E-state index in [1.807, 2.05) is 0 Å². The molecule has 2 heteroatoms. The number of hydrogen-bond donors (Lipinski definition) is 1. The average molecular weight is 226 g/mol. The van der Waals surface area contributed by atoms with E-state index in [2.05, 4.69) is 31.0 Å². The van der Waals surface area contributed by atoms with Gasteiger partial charge in [0.15, 0.2) is 0 Å². The predicted molar refractivity (Wildman–Crippen MR) is 71.8 cm³/mol. The van der Waals surface area contributed by atoms with E-state index in [0.717, 1.165) is 11.8 Å². The van der Waals surface area contributed by atoms with Crippen molar-refractivity contribution in [3.05, 3.63) is 0 Å². The molecule has 0 saturated carbocycles. The van der Waals surface area contributed by atoms with E-state index in [0.29, 0.717) is 0 Å². The van der Waals surface area contributed by atoms with Gasteiger partial charge in [0.25, 0.3) is 0 Å². The molecule has 1 N–H and O–H groups in total. The molecule has 1 unspecified atom stereocenters. The second kappa shape index (κ2) is 8.08. The van der Waals surface area contributed by atoms with Crippen LogP contribution in [0.4, 0.5) is 0 Å². The van der Waals surface area contributed by atoms with Gasteiger partial charge in [0.2, 0.25) is 0 Å². The van der Waals surface area contributed by atoms with Gasteiger partial charge in [-0.15, -0.1) is 0 Å². The van der Waals surface area contributed by atoms with E-state index in [1.54, 1.807) is 0 Å². The first-order chi connectivity index (χ1) is 7.72. The van der Waals surface area contributed by atoms with Crippen molar-refractivity contribution in [3.8, 4) is 0 Å². The van der Waals surface area contributed by atoms with Crippen LogP contribution in [0, 0.1) is 11.8 Å². The van der Waals surface area contributed by atoms with Gasteiger partial charge < -0.3 is 10.2 Å². The van der Waals surface area contributed by atoms with Crippen LogP contribution in [-0.2, 0) is 0 Å². The third-order valence-electron chi connectivity index (χ3n) is 3.56. The highest BCUT2D eigenvalue weighted by Crippen LogP contribution is 2.16. The van der Waals surface area contributed by atoms with Crippen molar-refractivity contribution in [2.45, 2.75) is 46.5 Å². The van der Waals surface area contributed by atoms with E-state index < -0.39 is 0 Å². The number of nitrogens with one attached hydrogen (secondary N) is 1. The van der Waals surface area contributed by atoms with Gasteiger partial charge in [-0.2, -0.15) is 0 Å². The highest BCUT2D eigenvalue weighted by molar-refractivity contribution is 4.69. The number of rotatable bonds is 7. The molecule has 0 spiro atoms. The summed E-state index contributed by atoms with van der Waals surface area (Å²) < 4.78 is 0. The standard InChI is InChI=1S/C14H30N2/c1-4-16(12-13(2)3)10-6-8-14-7-5-9-15-11-14/h13-15H,4-12H2,1-3H3. The lowest BCUT2D eigenvalue weighted by Gasteiger charge is -2.25.